The van der Waals surface area contributed by atoms with E-state index in [4.69, 9.17) is 0 Å². The zero-order valence-electron chi connectivity index (χ0n) is 14.7. The summed E-state index contributed by atoms with van der Waals surface area (Å²) in [6.45, 7) is 18.7. The van der Waals surface area contributed by atoms with Gasteiger partial charge in [-0.25, -0.2) is 0 Å². The zero-order valence-corrected chi connectivity index (χ0v) is 15.6. The predicted octanol–water partition coefficient (Wildman–Crippen LogP) is 3.21. The topological polar surface area (TPSA) is 18.5 Å². The molecule has 2 saturated heterocycles. The summed E-state index contributed by atoms with van der Waals surface area (Å²) in [5, 5.41) is 4.19. The van der Waals surface area contributed by atoms with Crippen molar-refractivity contribution in [3.05, 3.63) is 0 Å². The van der Waals surface area contributed by atoms with Gasteiger partial charge in [0.15, 0.2) is 0 Å². The Hall–Kier alpha value is 0.310. The molecule has 0 radical (unpaired) electrons. The molecular weight excluding hydrogens is 277 g/mol. The van der Waals surface area contributed by atoms with Crippen LogP contribution < -0.4 is 5.32 Å². The van der Waals surface area contributed by atoms with E-state index < -0.39 is 0 Å². The molecule has 2 rings (SSSR count). The van der Waals surface area contributed by atoms with Crippen LogP contribution in [0.2, 0.25) is 0 Å². The van der Waals surface area contributed by atoms with Crippen LogP contribution in [0.1, 0.15) is 46.5 Å². The van der Waals surface area contributed by atoms with Gasteiger partial charge in [0.05, 0.1) is 0 Å². The summed E-state index contributed by atoms with van der Waals surface area (Å²) in [5.41, 5.74) is 0. The molecule has 1 N–H and O–H groups in total. The molecule has 0 aromatic carbocycles. The maximum atomic E-state index is 3.77. The number of hydrogen-bond donors (Lipinski definition) is 1. The molecule has 0 amide bonds. The second-order valence-corrected chi connectivity index (χ2v) is 10.6. The van der Waals surface area contributed by atoms with Crippen LogP contribution in [0, 0.1) is 5.92 Å². The molecule has 2 aliphatic heterocycles. The van der Waals surface area contributed by atoms with Crippen molar-refractivity contribution in [2.24, 2.45) is 5.92 Å². The third-order valence-electron chi connectivity index (χ3n) is 5.20. The summed E-state index contributed by atoms with van der Waals surface area (Å²) >= 11 is 0. The molecule has 0 aliphatic carbocycles. The quantitative estimate of drug-likeness (QED) is 0.694. The lowest BCUT2D eigenvalue weighted by Crippen LogP contribution is -2.40. The standard InChI is InChI=1S/C17H36N3P/c1-16(14-19-9-5-6-10-19)13-18-15-17(2,3)21(4)20-11-7-8-12-20/h16,18H,5-15H2,1-4H3. The largest absolute Gasteiger partial charge is 0.315 e. The molecule has 2 aliphatic rings. The highest BCUT2D eigenvalue weighted by Crippen LogP contribution is 2.50. The lowest BCUT2D eigenvalue weighted by Gasteiger charge is -2.38. The van der Waals surface area contributed by atoms with Crippen molar-refractivity contribution in [1.29, 1.82) is 0 Å². The maximum absolute atomic E-state index is 3.77. The number of nitrogens with zero attached hydrogens (tertiary/aromatic N) is 2. The van der Waals surface area contributed by atoms with E-state index in [0.29, 0.717) is 5.16 Å². The van der Waals surface area contributed by atoms with Gasteiger partial charge in [-0.15, -0.1) is 0 Å². The third kappa shape index (κ3) is 5.46. The van der Waals surface area contributed by atoms with Gasteiger partial charge in [-0.3, -0.25) is 4.67 Å². The number of rotatable bonds is 8. The van der Waals surface area contributed by atoms with Crippen molar-refractivity contribution in [3.8, 4) is 0 Å². The van der Waals surface area contributed by atoms with Gasteiger partial charge < -0.3 is 10.2 Å². The Bertz CT molecular complexity index is 296. The fourth-order valence-electron chi connectivity index (χ4n) is 3.59. The van der Waals surface area contributed by atoms with Crippen LogP contribution in [0.5, 0.6) is 0 Å². The SMILES string of the molecule is CC(CNCC(C)(C)P(C)N1CCCC1)CN1CCCC1. The van der Waals surface area contributed by atoms with E-state index in [1.54, 1.807) is 0 Å². The summed E-state index contributed by atoms with van der Waals surface area (Å²) in [6.07, 6.45) is 5.62. The molecule has 0 aromatic rings. The monoisotopic (exact) mass is 313 g/mol. The molecule has 2 fully saturated rings. The summed E-state index contributed by atoms with van der Waals surface area (Å²) in [5.74, 6) is 0.772. The van der Waals surface area contributed by atoms with Gasteiger partial charge in [0.1, 0.15) is 0 Å². The Morgan fingerprint density at radius 1 is 1.05 bits per heavy atom. The fourth-order valence-corrected chi connectivity index (χ4v) is 5.58. The molecular formula is C17H36N3P. The van der Waals surface area contributed by atoms with Gasteiger partial charge in [-0.05, 0) is 66.0 Å². The molecule has 0 bridgehead atoms. The van der Waals surface area contributed by atoms with Crippen molar-refractivity contribution in [3.63, 3.8) is 0 Å². The first kappa shape index (κ1) is 17.7. The van der Waals surface area contributed by atoms with Gasteiger partial charge in [-0.2, -0.15) is 0 Å². The van der Waals surface area contributed by atoms with Gasteiger partial charge in [-0.1, -0.05) is 20.8 Å². The van der Waals surface area contributed by atoms with Crippen molar-refractivity contribution < 1.29 is 0 Å². The lowest BCUT2D eigenvalue weighted by atomic mass is 10.1. The van der Waals surface area contributed by atoms with E-state index >= 15 is 0 Å². The summed E-state index contributed by atoms with van der Waals surface area (Å²) in [7, 11) is -0.00830. The molecule has 21 heavy (non-hydrogen) atoms. The highest BCUT2D eigenvalue weighted by Gasteiger charge is 2.31. The average Bonchev–Trinajstić information content (AvgIpc) is 3.10. The van der Waals surface area contributed by atoms with E-state index in [2.05, 4.69) is 42.3 Å². The van der Waals surface area contributed by atoms with E-state index in [9.17, 15) is 0 Å². The van der Waals surface area contributed by atoms with Crippen molar-refractivity contribution in [2.45, 2.75) is 51.6 Å². The number of hydrogen-bond acceptors (Lipinski definition) is 3. The second-order valence-electron chi connectivity index (χ2n) is 7.74. The highest BCUT2D eigenvalue weighted by atomic mass is 31.1. The summed E-state index contributed by atoms with van der Waals surface area (Å²) in [6, 6.07) is 0. The maximum Gasteiger partial charge on any atom is 0.0103 e. The van der Waals surface area contributed by atoms with Crippen LogP contribution >= 0.6 is 8.07 Å². The van der Waals surface area contributed by atoms with E-state index in [-0.39, 0.29) is 8.07 Å². The van der Waals surface area contributed by atoms with Crippen LogP contribution in [0.25, 0.3) is 0 Å². The normalized spacial score (nSPS) is 24.6. The molecule has 0 aromatic heterocycles. The predicted molar refractivity (Wildman–Crippen MR) is 95.4 cm³/mol. The smallest absolute Gasteiger partial charge is 0.0103 e. The minimum atomic E-state index is -0.00830. The minimum Gasteiger partial charge on any atom is -0.315 e. The molecule has 124 valence electrons. The summed E-state index contributed by atoms with van der Waals surface area (Å²) < 4.78 is 2.74. The van der Waals surface area contributed by atoms with Gasteiger partial charge >= 0.3 is 0 Å². The van der Waals surface area contributed by atoms with Crippen LogP contribution in [0.3, 0.4) is 0 Å². The van der Waals surface area contributed by atoms with Crippen molar-refractivity contribution in [2.75, 3.05) is 52.5 Å². The molecule has 4 heteroatoms. The van der Waals surface area contributed by atoms with Gasteiger partial charge in [0, 0.05) is 31.3 Å². The Kier molecular flexibility index (Phi) is 6.93. The average molecular weight is 313 g/mol. The van der Waals surface area contributed by atoms with Crippen molar-refractivity contribution in [1.82, 2.24) is 14.9 Å². The summed E-state index contributed by atoms with van der Waals surface area (Å²) in [4.78, 5) is 2.63. The van der Waals surface area contributed by atoms with E-state index in [1.165, 1.54) is 65.0 Å². The zero-order chi connectivity index (χ0) is 15.3. The Labute approximate surface area is 133 Å². The molecule has 2 heterocycles. The van der Waals surface area contributed by atoms with Crippen LogP contribution in [0.15, 0.2) is 0 Å². The number of nitrogens with one attached hydrogen (secondary N) is 1. The highest BCUT2D eigenvalue weighted by molar-refractivity contribution is 7.56. The first-order valence-electron chi connectivity index (χ1n) is 8.91. The molecule has 2 atom stereocenters. The molecule has 0 spiro atoms. The minimum absolute atomic E-state index is 0.00830. The van der Waals surface area contributed by atoms with E-state index in [1.807, 2.05) is 0 Å². The lowest BCUT2D eigenvalue weighted by molar-refractivity contribution is 0.281. The Morgan fingerprint density at radius 3 is 2.24 bits per heavy atom. The van der Waals surface area contributed by atoms with Crippen LogP contribution in [-0.2, 0) is 0 Å². The van der Waals surface area contributed by atoms with Gasteiger partial charge in [0.25, 0.3) is 0 Å². The van der Waals surface area contributed by atoms with Gasteiger partial charge in [0.2, 0.25) is 0 Å². The van der Waals surface area contributed by atoms with E-state index in [0.717, 1.165) is 12.5 Å². The first-order chi connectivity index (χ1) is 9.99. The second kappa shape index (κ2) is 8.24. The van der Waals surface area contributed by atoms with Crippen LogP contribution in [0.4, 0.5) is 0 Å². The number of likely N-dealkylation sites (tertiary alicyclic amines) is 1. The Morgan fingerprint density at radius 2 is 1.62 bits per heavy atom. The van der Waals surface area contributed by atoms with Crippen LogP contribution in [-0.4, -0.2) is 67.2 Å². The first-order valence-corrected chi connectivity index (χ1v) is 10.6. The molecule has 2 unspecified atom stereocenters. The third-order valence-corrected chi connectivity index (χ3v) is 8.36. The molecule has 0 saturated carbocycles. The van der Waals surface area contributed by atoms with Crippen molar-refractivity contribution >= 4 is 8.07 Å². The Balaban J connectivity index is 1.65. The molecule has 3 nitrogen and oxygen atoms in total. The fraction of sp³-hybridized carbons (Fsp3) is 1.00.